The van der Waals surface area contributed by atoms with Gasteiger partial charge in [0.15, 0.2) is 11.5 Å². The fourth-order valence-corrected chi connectivity index (χ4v) is 1.32. The van der Waals surface area contributed by atoms with Crippen LogP contribution in [0.15, 0.2) is 18.2 Å². The van der Waals surface area contributed by atoms with E-state index in [1.165, 1.54) is 6.07 Å². The SMILES string of the molecule is CC(C)(C)NCC(=O)Nc1c(F)cccc1[N+](=O)[O-]. The van der Waals surface area contributed by atoms with Crippen LogP contribution in [0.5, 0.6) is 0 Å². The summed E-state index contributed by atoms with van der Waals surface area (Å²) in [5.74, 6) is -1.37. The predicted molar refractivity (Wildman–Crippen MR) is 69.4 cm³/mol. The Labute approximate surface area is 110 Å². The number of para-hydroxylation sites is 1. The van der Waals surface area contributed by atoms with E-state index in [-0.39, 0.29) is 12.1 Å². The summed E-state index contributed by atoms with van der Waals surface area (Å²) < 4.78 is 13.5. The lowest BCUT2D eigenvalue weighted by molar-refractivity contribution is -0.384. The minimum absolute atomic E-state index is 0.0605. The van der Waals surface area contributed by atoms with Crippen molar-refractivity contribution in [2.75, 3.05) is 11.9 Å². The quantitative estimate of drug-likeness (QED) is 0.647. The number of carbonyl (C=O) groups excluding carboxylic acids is 1. The first-order valence-corrected chi connectivity index (χ1v) is 5.68. The Morgan fingerprint density at radius 1 is 1.42 bits per heavy atom. The Morgan fingerprint density at radius 3 is 2.58 bits per heavy atom. The number of anilines is 1. The highest BCUT2D eigenvalue weighted by Crippen LogP contribution is 2.26. The Bertz CT molecular complexity index is 497. The number of halogens is 1. The molecule has 0 atom stereocenters. The number of hydrogen-bond acceptors (Lipinski definition) is 4. The molecule has 0 saturated carbocycles. The van der Waals surface area contributed by atoms with Gasteiger partial charge in [-0.3, -0.25) is 14.9 Å². The zero-order valence-electron chi connectivity index (χ0n) is 11.0. The van der Waals surface area contributed by atoms with Crippen LogP contribution in [0.4, 0.5) is 15.8 Å². The van der Waals surface area contributed by atoms with Crippen LogP contribution in [-0.4, -0.2) is 22.9 Å². The molecule has 0 aliphatic carbocycles. The molecule has 1 rings (SSSR count). The lowest BCUT2D eigenvalue weighted by atomic mass is 10.1. The topological polar surface area (TPSA) is 84.3 Å². The Hall–Kier alpha value is -2.02. The van der Waals surface area contributed by atoms with Gasteiger partial charge < -0.3 is 10.6 Å². The van der Waals surface area contributed by atoms with Crippen LogP contribution < -0.4 is 10.6 Å². The molecule has 1 aromatic rings. The van der Waals surface area contributed by atoms with Gasteiger partial charge in [0.25, 0.3) is 5.69 Å². The molecule has 1 aromatic carbocycles. The summed E-state index contributed by atoms with van der Waals surface area (Å²) in [7, 11) is 0. The summed E-state index contributed by atoms with van der Waals surface area (Å²) >= 11 is 0. The van der Waals surface area contributed by atoms with E-state index >= 15 is 0 Å². The lowest BCUT2D eigenvalue weighted by Gasteiger charge is -2.20. The van der Waals surface area contributed by atoms with Crippen LogP contribution in [0.1, 0.15) is 20.8 Å². The first-order valence-electron chi connectivity index (χ1n) is 5.68. The minimum Gasteiger partial charge on any atom is -0.317 e. The van der Waals surface area contributed by atoms with Gasteiger partial charge in [0, 0.05) is 11.6 Å². The van der Waals surface area contributed by atoms with E-state index in [9.17, 15) is 19.3 Å². The average Bonchev–Trinajstić information content (AvgIpc) is 2.28. The maximum Gasteiger partial charge on any atom is 0.295 e. The van der Waals surface area contributed by atoms with Gasteiger partial charge in [-0.1, -0.05) is 6.07 Å². The smallest absolute Gasteiger partial charge is 0.295 e. The largest absolute Gasteiger partial charge is 0.317 e. The molecule has 0 aliphatic rings. The molecule has 7 heteroatoms. The summed E-state index contributed by atoms with van der Waals surface area (Å²) in [5, 5.41) is 15.9. The maximum absolute atomic E-state index is 13.5. The van der Waals surface area contributed by atoms with E-state index in [1.54, 1.807) is 0 Å². The molecule has 19 heavy (non-hydrogen) atoms. The molecule has 2 N–H and O–H groups in total. The van der Waals surface area contributed by atoms with Gasteiger partial charge in [0.05, 0.1) is 11.5 Å². The van der Waals surface area contributed by atoms with Crippen molar-refractivity contribution in [1.82, 2.24) is 5.32 Å². The predicted octanol–water partition coefficient (Wildman–Crippen LogP) is 2.06. The second-order valence-electron chi connectivity index (χ2n) is 5.04. The third kappa shape index (κ3) is 4.63. The second kappa shape index (κ2) is 5.75. The van der Waals surface area contributed by atoms with E-state index in [0.717, 1.165) is 12.1 Å². The van der Waals surface area contributed by atoms with Crippen LogP contribution in [0.3, 0.4) is 0 Å². The van der Waals surface area contributed by atoms with Crippen LogP contribution in [-0.2, 0) is 4.79 Å². The van der Waals surface area contributed by atoms with Gasteiger partial charge in [-0.2, -0.15) is 0 Å². The Morgan fingerprint density at radius 2 is 2.05 bits per heavy atom. The van der Waals surface area contributed by atoms with Crippen molar-refractivity contribution in [2.45, 2.75) is 26.3 Å². The van der Waals surface area contributed by atoms with Crippen molar-refractivity contribution in [3.63, 3.8) is 0 Å². The molecular formula is C12H16FN3O3. The van der Waals surface area contributed by atoms with Crippen LogP contribution in [0.2, 0.25) is 0 Å². The number of nitrogens with zero attached hydrogens (tertiary/aromatic N) is 1. The molecule has 0 unspecified atom stereocenters. The van der Waals surface area contributed by atoms with Gasteiger partial charge in [-0.05, 0) is 26.8 Å². The molecule has 1 amide bonds. The fraction of sp³-hybridized carbons (Fsp3) is 0.417. The summed E-state index contributed by atoms with van der Waals surface area (Å²) in [6.07, 6.45) is 0. The normalized spacial score (nSPS) is 11.2. The molecule has 0 aliphatic heterocycles. The highest BCUT2D eigenvalue weighted by molar-refractivity contribution is 5.94. The Balaban J connectivity index is 2.82. The first kappa shape index (κ1) is 15.0. The van der Waals surface area contributed by atoms with Crippen LogP contribution in [0.25, 0.3) is 0 Å². The monoisotopic (exact) mass is 269 g/mol. The number of nitrogens with one attached hydrogen (secondary N) is 2. The first-order chi connectivity index (χ1) is 8.70. The van der Waals surface area contributed by atoms with E-state index in [4.69, 9.17) is 0 Å². The number of rotatable bonds is 4. The van der Waals surface area contributed by atoms with E-state index < -0.39 is 28.0 Å². The van der Waals surface area contributed by atoms with E-state index in [1.807, 2.05) is 20.8 Å². The van der Waals surface area contributed by atoms with Crippen molar-refractivity contribution in [3.05, 3.63) is 34.1 Å². The number of benzene rings is 1. The van der Waals surface area contributed by atoms with Gasteiger partial charge in [-0.25, -0.2) is 4.39 Å². The highest BCUT2D eigenvalue weighted by atomic mass is 19.1. The van der Waals surface area contributed by atoms with E-state index in [2.05, 4.69) is 10.6 Å². The summed E-state index contributed by atoms with van der Waals surface area (Å²) in [6, 6.07) is 3.41. The Kier molecular flexibility index (Phi) is 4.55. The van der Waals surface area contributed by atoms with Crippen LogP contribution in [0, 0.1) is 15.9 Å². The number of carbonyl (C=O) groups is 1. The zero-order chi connectivity index (χ0) is 14.6. The molecule has 6 nitrogen and oxygen atoms in total. The standard InChI is InChI=1S/C12H16FN3O3/c1-12(2,3)14-7-10(17)15-11-8(13)5-4-6-9(11)16(18)19/h4-6,14H,7H2,1-3H3,(H,15,17). The molecule has 0 saturated heterocycles. The summed E-state index contributed by atoms with van der Waals surface area (Å²) in [6.45, 7) is 5.54. The fourth-order valence-electron chi connectivity index (χ4n) is 1.32. The molecule has 0 heterocycles. The minimum atomic E-state index is -0.835. The molecular weight excluding hydrogens is 253 g/mol. The summed E-state index contributed by atoms with van der Waals surface area (Å²) in [4.78, 5) is 21.6. The lowest BCUT2D eigenvalue weighted by Crippen LogP contribution is -2.41. The average molecular weight is 269 g/mol. The van der Waals surface area contributed by atoms with Gasteiger partial charge in [0.1, 0.15) is 0 Å². The number of nitro benzene ring substituents is 1. The number of amides is 1. The maximum atomic E-state index is 13.5. The van der Waals surface area contributed by atoms with Crippen molar-refractivity contribution >= 4 is 17.3 Å². The van der Waals surface area contributed by atoms with E-state index in [0.29, 0.717) is 0 Å². The van der Waals surface area contributed by atoms with Crippen molar-refractivity contribution in [3.8, 4) is 0 Å². The van der Waals surface area contributed by atoms with Crippen molar-refractivity contribution in [1.29, 1.82) is 0 Å². The second-order valence-corrected chi connectivity index (χ2v) is 5.04. The molecule has 0 spiro atoms. The molecule has 0 radical (unpaired) electrons. The van der Waals surface area contributed by atoms with Crippen LogP contribution >= 0.6 is 0 Å². The molecule has 104 valence electrons. The third-order valence-electron chi connectivity index (χ3n) is 2.23. The highest BCUT2D eigenvalue weighted by Gasteiger charge is 2.20. The molecule has 0 fully saturated rings. The zero-order valence-corrected chi connectivity index (χ0v) is 11.0. The van der Waals surface area contributed by atoms with Gasteiger partial charge in [-0.15, -0.1) is 0 Å². The van der Waals surface area contributed by atoms with Gasteiger partial charge >= 0.3 is 0 Å². The van der Waals surface area contributed by atoms with Gasteiger partial charge in [0.2, 0.25) is 5.91 Å². The van der Waals surface area contributed by atoms with Crippen molar-refractivity contribution < 1.29 is 14.1 Å². The summed E-state index contributed by atoms with van der Waals surface area (Å²) in [5.41, 5.74) is -1.16. The molecule has 0 bridgehead atoms. The van der Waals surface area contributed by atoms with Crippen molar-refractivity contribution in [2.24, 2.45) is 0 Å². The third-order valence-corrected chi connectivity index (χ3v) is 2.23. The number of hydrogen-bond donors (Lipinski definition) is 2. The number of nitro groups is 1. The molecule has 0 aromatic heterocycles.